The zero-order chi connectivity index (χ0) is 35.0. The summed E-state index contributed by atoms with van der Waals surface area (Å²) in [5.41, 5.74) is 0. The molecule has 0 radical (unpaired) electrons. The first-order valence-electron chi connectivity index (χ1n) is 13.9. The van der Waals surface area contributed by atoms with E-state index in [1.54, 1.807) is 0 Å². The van der Waals surface area contributed by atoms with E-state index in [1.165, 1.54) is 0 Å². The van der Waals surface area contributed by atoms with Crippen molar-refractivity contribution < 1.29 is 110 Å². The van der Waals surface area contributed by atoms with Gasteiger partial charge in [-0.05, 0) is 0 Å². The molecule has 3 heterocycles. The minimum absolute atomic E-state index is 0.667. The Morgan fingerprint density at radius 2 is 0.891 bits per heavy atom. The molecule has 0 aliphatic carbocycles. The van der Waals surface area contributed by atoms with Gasteiger partial charge in [0.25, 0.3) is 0 Å². The van der Waals surface area contributed by atoms with Crippen molar-refractivity contribution in [3.8, 4) is 0 Å². The standard InChI is InChI=1S/2C12H22O11/c13-1-3-5(15)7(17)9(19)11(21-3)23-12-10(20)8(18)6(16)4(2-14)22-12;13-1-4(15)7(17)8(18)5(16)3-22-12-11(21)10(20)9(19)6(2-14)23-12/h3-20H,1-2H2;5-14,16-21H,1-3H2/t3-,4-,5-,6-,7+,8+,9-,10-,11-,12-;5-,6-,7-,8-,9-,10+,11-,12+/m11/s1. The highest BCUT2D eigenvalue weighted by Crippen LogP contribution is 2.28. The van der Waals surface area contributed by atoms with E-state index in [4.69, 9.17) is 44.1 Å². The van der Waals surface area contributed by atoms with Crippen molar-refractivity contribution in [1.82, 2.24) is 0 Å². The van der Waals surface area contributed by atoms with Gasteiger partial charge in [-0.1, -0.05) is 0 Å². The molecule has 3 rings (SSSR count). The minimum Gasteiger partial charge on any atom is -0.394 e. The lowest BCUT2D eigenvalue weighted by atomic mass is 9.98. The first kappa shape index (κ1) is 41.0. The number of Topliss-reactive ketones (excluding diaryl/α,β-unsaturated/α-hetero) is 1. The first-order valence-corrected chi connectivity index (χ1v) is 13.9. The van der Waals surface area contributed by atoms with Gasteiger partial charge in [0.2, 0.25) is 0 Å². The van der Waals surface area contributed by atoms with Crippen LogP contribution in [0.1, 0.15) is 0 Å². The van der Waals surface area contributed by atoms with Crippen LogP contribution in [-0.4, -0.2) is 231 Å². The summed E-state index contributed by atoms with van der Waals surface area (Å²) in [7, 11) is 0. The van der Waals surface area contributed by atoms with E-state index in [1.807, 2.05) is 0 Å². The largest absolute Gasteiger partial charge is 0.394 e. The summed E-state index contributed by atoms with van der Waals surface area (Å²) in [5, 5.41) is 151. The maximum absolute atomic E-state index is 11.0. The molecule has 46 heavy (non-hydrogen) atoms. The summed E-state index contributed by atoms with van der Waals surface area (Å²) in [4.78, 5) is 11.0. The summed E-state index contributed by atoms with van der Waals surface area (Å²) in [5.74, 6) is -1.11. The van der Waals surface area contributed by atoms with E-state index in [9.17, 15) is 66.1 Å². The lowest BCUT2D eigenvalue weighted by Gasteiger charge is -2.44. The highest BCUT2D eigenvalue weighted by atomic mass is 16.8. The zero-order valence-electron chi connectivity index (χ0n) is 24.0. The number of aliphatic hydroxyl groups is 16. The molecule has 3 aliphatic rings. The molecule has 0 spiro atoms. The molecule has 3 fully saturated rings. The minimum atomic E-state index is -2.03. The van der Waals surface area contributed by atoms with Gasteiger partial charge >= 0.3 is 0 Å². The van der Waals surface area contributed by atoms with Crippen LogP contribution in [-0.2, 0) is 28.5 Å². The maximum Gasteiger partial charge on any atom is 0.189 e. The Hall–Kier alpha value is -1.17. The van der Waals surface area contributed by atoms with Crippen LogP contribution in [0.25, 0.3) is 0 Å². The average Bonchev–Trinajstić information content (AvgIpc) is 3.06. The molecular weight excluding hydrogens is 640 g/mol. The number of carbonyl (C=O) groups is 1. The quantitative estimate of drug-likeness (QED) is 0.0907. The Bertz CT molecular complexity index is 860. The third-order valence-electron chi connectivity index (χ3n) is 7.45. The number of aliphatic hydroxyl groups excluding tert-OH is 16. The molecule has 18 atom stereocenters. The molecule has 0 bridgehead atoms. The van der Waals surface area contributed by atoms with Crippen LogP contribution in [0.2, 0.25) is 0 Å². The van der Waals surface area contributed by atoms with Gasteiger partial charge in [-0.25, -0.2) is 0 Å². The normalized spacial score (nSPS) is 43.6. The van der Waals surface area contributed by atoms with Crippen LogP contribution in [0, 0.1) is 0 Å². The third kappa shape index (κ3) is 9.71. The lowest BCUT2D eigenvalue weighted by Crippen LogP contribution is -2.63. The van der Waals surface area contributed by atoms with Gasteiger partial charge in [0.15, 0.2) is 24.7 Å². The van der Waals surface area contributed by atoms with Gasteiger partial charge in [0, 0.05) is 0 Å². The van der Waals surface area contributed by atoms with Crippen molar-refractivity contribution in [3.63, 3.8) is 0 Å². The molecule has 0 aromatic heterocycles. The molecule has 272 valence electrons. The van der Waals surface area contributed by atoms with Crippen LogP contribution < -0.4 is 0 Å². The fourth-order valence-corrected chi connectivity index (χ4v) is 4.48. The van der Waals surface area contributed by atoms with Gasteiger partial charge in [0.1, 0.15) is 98.2 Å². The SMILES string of the molecule is O=C(CO)[C@@H](O)[C@H](O)[C@H](O)CO[C@H]1O[C@H](CO)[C@@H](O)[C@H](O)[C@H]1O.OC[C@H]1O[C@H](O[C@H]2O[C@H](CO)[C@@H](O)[C@H](O)[C@H]2O)[C@H](O)[C@@H](O)[C@@H]1O. The number of rotatable bonds is 12. The van der Waals surface area contributed by atoms with Gasteiger partial charge in [-0.2, -0.15) is 0 Å². The zero-order valence-corrected chi connectivity index (χ0v) is 24.0. The topological polar surface area (TPSA) is 387 Å². The molecule has 3 aliphatic heterocycles. The Kier molecular flexibility index (Phi) is 16.5. The molecule has 22 nitrogen and oxygen atoms in total. The number of ketones is 1. The van der Waals surface area contributed by atoms with Crippen molar-refractivity contribution in [2.45, 2.75) is 110 Å². The van der Waals surface area contributed by atoms with Crippen molar-refractivity contribution in [1.29, 1.82) is 0 Å². The van der Waals surface area contributed by atoms with Crippen molar-refractivity contribution >= 4 is 5.78 Å². The predicted octanol–water partition coefficient (Wildman–Crippen LogP) is -11.0. The molecule has 3 saturated heterocycles. The van der Waals surface area contributed by atoms with E-state index in [0.717, 1.165) is 0 Å². The summed E-state index contributed by atoms with van der Waals surface area (Å²) >= 11 is 0. The number of carbonyl (C=O) groups excluding carboxylic acids is 1. The number of hydrogen-bond donors (Lipinski definition) is 16. The number of ether oxygens (including phenoxy) is 5. The molecule has 0 aromatic rings. The van der Waals surface area contributed by atoms with E-state index < -0.39 is 149 Å². The average molecular weight is 685 g/mol. The maximum atomic E-state index is 11.0. The summed E-state index contributed by atoms with van der Waals surface area (Å²) in [6.45, 7) is -3.74. The Morgan fingerprint density at radius 1 is 0.543 bits per heavy atom. The van der Waals surface area contributed by atoms with Crippen LogP contribution in [0.15, 0.2) is 0 Å². The molecule has 0 aromatic carbocycles. The molecule has 16 N–H and O–H groups in total. The van der Waals surface area contributed by atoms with Gasteiger partial charge in [-0.15, -0.1) is 0 Å². The third-order valence-corrected chi connectivity index (χ3v) is 7.45. The van der Waals surface area contributed by atoms with Gasteiger partial charge in [0.05, 0.1) is 26.4 Å². The van der Waals surface area contributed by atoms with Crippen LogP contribution in [0.3, 0.4) is 0 Å². The fourth-order valence-electron chi connectivity index (χ4n) is 4.48. The Balaban J connectivity index is 0.000000320. The van der Waals surface area contributed by atoms with E-state index >= 15 is 0 Å². The highest BCUT2D eigenvalue weighted by Gasteiger charge is 2.50. The van der Waals surface area contributed by atoms with Gasteiger partial charge < -0.3 is 105 Å². The van der Waals surface area contributed by atoms with E-state index in [0.29, 0.717) is 0 Å². The second-order valence-electron chi connectivity index (χ2n) is 10.7. The van der Waals surface area contributed by atoms with Crippen molar-refractivity contribution in [3.05, 3.63) is 0 Å². The van der Waals surface area contributed by atoms with Crippen LogP contribution in [0.5, 0.6) is 0 Å². The van der Waals surface area contributed by atoms with Gasteiger partial charge in [-0.3, -0.25) is 4.79 Å². The molecule has 0 unspecified atom stereocenters. The molecule has 0 amide bonds. The first-order chi connectivity index (χ1) is 21.5. The molecular formula is C24H44O22. The second kappa shape index (κ2) is 18.6. The van der Waals surface area contributed by atoms with Crippen LogP contribution >= 0.6 is 0 Å². The molecule has 22 heteroatoms. The smallest absolute Gasteiger partial charge is 0.189 e. The monoisotopic (exact) mass is 684 g/mol. The predicted molar refractivity (Wildman–Crippen MR) is 138 cm³/mol. The van der Waals surface area contributed by atoms with Crippen molar-refractivity contribution in [2.24, 2.45) is 0 Å². The molecule has 0 saturated carbocycles. The summed E-state index contributed by atoms with van der Waals surface area (Å²) < 4.78 is 25.3. The lowest BCUT2D eigenvalue weighted by molar-refractivity contribution is -0.376. The second-order valence-corrected chi connectivity index (χ2v) is 10.7. The fraction of sp³-hybridized carbons (Fsp3) is 0.958. The Labute approximate surface area is 260 Å². The highest BCUT2D eigenvalue weighted by molar-refractivity contribution is 5.84. The van der Waals surface area contributed by atoms with E-state index in [2.05, 4.69) is 0 Å². The summed E-state index contributed by atoms with van der Waals surface area (Å²) in [6.07, 6.45) is -29.0. The Morgan fingerprint density at radius 3 is 1.24 bits per heavy atom. The summed E-state index contributed by atoms with van der Waals surface area (Å²) in [6, 6.07) is 0. The van der Waals surface area contributed by atoms with Crippen molar-refractivity contribution in [2.75, 3.05) is 33.0 Å². The number of hydrogen-bond acceptors (Lipinski definition) is 22. The van der Waals surface area contributed by atoms with E-state index in [-0.39, 0.29) is 0 Å². The van der Waals surface area contributed by atoms with Crippen LogP contribution in [0.4, 0.5) is 0 Å².